The van der Waals surface area contributed by atoms with E-state index in [1.54, 1.807) is 30.3 Å². The van der Waals surface area contributed by atoms with Crippen LogP contribution < -0.4 is 4.74 Å². The maximum absolute atomic E-state index is 12.6. The number of amides is 2. The van der Waals surface area contributed by atoms with E-state index in [2.05, 4.69) is 0 Å². The first-order valence-electron chi connectivity index (χ1n) is 8.18. The quantitative estimate of drug-likeness (QED) is 0.766. The van der Waals surface area contributed by atoms with Gasteiger partial charge in [-0.25, -0.2) is 4.79 Å². The largest absolute Gasteiger partial charge is 0.482 e. The fourth-order valence-electron chi connectivity index (χ4n) is 2.62. The minimum absolute atomic E-state index is 0.228. The van der Waals surface area contributed by atoms with Crippen molar-refractivity contribution in [3.63, 3.8) is 0 Å². The third-order valence-corrected chi connectivity index (χ3v) is 4.72. The summed E-state index contributed by atoms with van der Waals surface area (Å²) < 4.78 is 5.13. The number of carbonyl (C=O) groups excluding carboxylic acids is 2. The molecule has 0 atom stereocenters. The van der Waals surface area contributed by atoms with E-state index >= 15 is 0 Å². The van der Waals surface area contributed by atoms with Crippen molar-refractivity contribution in [1.29, 1.82) is 0 Å². The highest BCUT2D eigenvalue weighted by Gasteiger charge is 2.34. The van der Waals surface area contributed by atoms with Gasteiger partial charge in [-0.3, -0.25) is 14.5 Å². The first-order chi connectivity index (χ1) is 12.9. The molecule has 2 aromatic rings. The van der Waals surface area contributed by atoms with Gasteiger partial charge in [0.25, 0.3) is 11.1 Å². The lowest BCUT2D eigenvalue weighted by Gasteiger charge is -2.12. The number of carboxylic acids is 1. The Hall–Kier alpha value is -3.06. The first kappa shape index (κ1) is 18.7. The van der Waals surface area contributed by atoms with Gasteiger partial charge < -0.3 is 9.84 Å². The van der Waals surface area contributed by atoms with Gasteiger partial charge in [-0.2, -0.15) is 0 Å². The number of aliphatic carboxylic acids is 1. The number of hydrogen-bond donors (Lipinski definition) is 1. The molecule has 7 heteroatoms. The number of nitrogens with zero attached hydrogens (tertiary/aromatic N) is 1. The van der Waals surface area contributed by atoms with E-state index in [0.717, 1.165) is 22.9 Å². The Morgan fingerprint density at radius 2 is 1.96 bits per heavy atom. The van der Waals surface area contributed by atoms with Crippen LogP contribution >= 0.6 is 11.8 Å². The van der Waals surface area contributed by atoms with Crippen molar-refractivity contribution >= 4 is 35.0 Å². The van der Waals surface area contributed by atoms with Gasteiger partial charge in [0.1, 0.15) is 5.75 Å². The smallest absolute Gasteiger partial charge is 0.341 e. The average Bonchev–Trinajstić information content (AvgIpc) is 2.88. The van der Waals surface area contributed by atoms with Gasteiger partial charge in [-0.15, -0.1) is 0 Å². The van der Waals surface area contributed by atoms with E-state index in [9.17, 15) is 14.4 Å². The van der Waals surface area contributed by atoms with Crippen molar-refractivity contribution in [2.45, 2.75) is 13.5 Å². The molecule has 2 aromatic carbocycles. The lowest BCUT2D eigenvalue weighted by Crippen LogP contribution is -2.27. The summed E-state index contributed by atoms with van der Waals surface area (Å²) in [5, 5.41) is 8.36. The van der Waals surface area contributed by atoms with Crippen molar-refractivity contribution in [1.82, 2.24) is 4.90 Å². The van der Waals surface area contributed by atoms with Crippen molar-refractivity contribution < 1.29 is 24.2 Å². The second-order valence-corrected chi connectivity index (χ2v) is 7.01. The Bertz CT molecular complexity index is 937. The summed E-state index contributed by atoms with van der Waals surface area (Å²) in [4.78, 5) is 37.0. The molecule has 6 nitrogen and oxygen atoms in total. The van der Waals surface area contributed by atoms with E-state index < -0.39 is 12.6 Å². The summed E-state index contributed by atoms with van der Waals surface area (Å²) in [6.45, 7) is 1.73. The molecule has 1 aliphatic rings. The van der Waals surface area contributed by atoms with Gasteiger partial charge >= 0.3 is 5.97 Å². The number of hydrogen-bond acceptors (Lipinski definition) is 5. The summed E-state index contributed by atoms with van der Waals surface area (Å²) in [5.41, 5.74) is 2.61. The van der Waals surface area contributed by atoms with Crippen LogP contribution in [0.4, 0.5) is 4.79 Å². The molecule has 0 aromatic heterocycles. The average molecular weight is 383 g/mol. The SMILES string of the molecule is Cc1cccc(CN2C(=O)S/C(=C\c3cccc(OCC(=O)O)c3)C2=O)c1. The van der Waals surface area contributed by atoms with Crippen molar-refractivity contribution in [2.75, 3.05) is 6.61 Å². The van der Waals surface area contributed by atoms with Crippen LogP contribution in [-0.4, -0.2) is 33.7 Å². The highest BCUT2D eigenvalue weighted by molar-refractivity contribution is 8.18. The standard InChI is InChI=1S/C20H17NO5S/c1-13-4-2-6-15(8-13)11-21-19(24)17(27-20(21)25)10-14-5-3-7-16(9-14)26-12-18(22)23/h2-10H,11-12H2,1H3,(H,22,23)/b17-10-. The molecule has 0 aliphatic carbocycles. The zero-order valence-corrected chi connectivity index (χ0v) is 15.4. The van der Waals surface area contributed by atoms with Crippen molar-refractivity contribution in [2.24, 2.45) is 0 Å². The number of carbonyl (C=O) groups is 3. The Morgan fingerprint density at radius 3 is 2.70 bits per heavy atom. The van der Waals surface area contributed by atoms with Crippen LogP contribution in [0.2, 0.25) is 0 Å². The minimum atomic E-state index is -1.07. The molecule has 1 saturated heterocycles. The molecule has 0 spiro atoms. The Balaban J connectivity index is 1.76. The Labute approximate surface area is 160 Å². The van der Waals surface area contributed by atoms with Crippen LogP contribution in [0, 0.1) is 6.92 Å². The second kappa shape index (κ2) is 8.09. The number of thioether (sulfide) groups is 1. The fraction of sp³-hybridized carbons (Fsp3) is 0.150. The Kier molecular flexibility index (Phi) is 5.61. The third-order valence-electron chi connectivity index (χ3n) is 3.81. The van der Waals surface area contributed by atoms with E-state index in [0.29, 0.717) is 16.2 Å². The normalized spacial score (nSPS) is 15.4. The van der Waals surface area contributed by atoms with Crippen LogP contribution in [0.3, 0.4) is 0 Å². The summed E-state index contributed by atoms with van der Waals surface area (Å²) >= 11 is 0.888. The first-order valence-corrected chi connectivity index (χ1v) is 8.99. The molecule has 27 heavy (non-hydrogen) atoms. The minimum Gasteiger partial charge on any atom is -0.482 e. The van der Waals surface area contributed by atoms with Crippen molar-refractivity contribution in [3.8, 4) is 5.75 Å². The van der Waals surface area contributed by atoms with E-state index in [1.807, 2.05) is 31.2 Å². The number of carboxylic acid groups (broad SMARTS) is 1. The maximum Gasteiger partial charge on any atom is 0.341 e. The fourth-order valence-corrected chi connectivity index (χ4v) is 3.46. The molecule has 0 radical (unpaired) electrons. The molecule has 2 amide bonds. The highest BCUT2D eigenvalue weighted by atomic mass is 32.2. The molecule has 0 bridgehead atoms. The predicted octanol–water partition coefficient (Wildman–Crippen LogP) is 3.69. The zero-order chi connectivity index (χ0) is 19.4. The lowest BCUT2D eigenvalue weighted by atomic mass is 10.1. The van der Waals surface area contributed by atoms with Crippen LogP contribution in [0.5, 0.6) is 5.75 Å². The molecule has 1 aliphatic heterocycles. The highest BCUT2D eigenvalue weighted by Crippen LogP contribution is 2.33. The van der Waals surface area contributed by atoms with E-state index in [4.69, 9.17) is 9.84 Å². The zero-order valence-electron chi connectivity index (χ0n) is 14.5. The van der Waals surface area contributed by atoms with E-state index in [-0.39, 0.29) is 17.7 Å². The molecular weight excluding hydrogens is 366 g/mol. The summed E-state index contributed by atoms with van der Waals surface area (Å²) in [6.07, 6.45) is 1.61. The van der Waals surface area contributed by atoms with Crippen molar-refractivity contribution in [3.05, 3.63) is 70.1 Å². The van der Waals surface area contributed by atoms with Gasteiger partial charge in [0.05, 0.1) is 11.4 Å². The molecule has 138 valence electrons. The van der Waals surface area contributed by atoms with E-state index in [1.165, 1.54) is 4.90 Å². The molecule has 3 rings (SSSR count). The number of rotatable bonds is 6. The molecule has 1 N–H and O–H groups in total. The monoisotopic (exact) mass is 383 g/mol. The van der Waals surface area contributed by atoms with Gasteiger partial charge in [0.2, 0.25) is 0 Å². The lowest BCUT2D eigenvalue weighted by molar-refractivity contribution is -0.139. The molecule has 0 saturated carbocycles. The summed E-state index contributed by atoms with van der Waals surface area (Å²) in [7, 11) is 0. The number of ether oxygens (including phenoxy) is 1. The van der Waals surface area contributed by atoms with Crippen LogP contribution in [0.1, 0.15) is 16.7 Å². The number of benzene rings is 2. The maximum atomic E-state index is 12.6. The molecule has 1 fully saturated rings. The van der Waals surface area contributed by atoms with Crippen LogP contribution in [0.25, 0.3) is 6.08 Å². The topological polar surface area (TPSA) is 83.9 Å². The van der Waals surface area contributed by atoms with Gasteiger partial charge in [0.15, 0.2) is 6.61 Å². The second-order valence-electron chi connectivity index (χ2n) is 6.01. The molecule has 0 unspecified atom stereocenters. The summed E-state index contributed by atoms with van der Waals surface area (Å²) in [5.74, 6) is -1.04. The predicted molar refractivity (Wildman–Crippen MR) is 102 cm³/mol. The number of aryl methyl sites for hydroxylation is 1. The van der Waals surface area contributed by atoms with Gasteiger partial charge in [-0.1, -0.05) is 42.0 Å². The number of imide groups is 1. The Morgan fingerprint density at radius 1 is 1.19 bits per heavy atom. The summed E-state index contributed by atoms with van der Waals surface area (Å²) in [6, 6.07) is 14.4. The van der Waals surface area contributed by atoms with Crippen LogP contribution in [0.15, 0.2) is 53.4 Å². The third kappa shape index (κ3) is 4.77. The van der Waals surface area contributed by atoms with Gasteiger partial charge in [-0.05, 0) is 48.0 Å². The van der Waals surface area contributed by atoms with Crippen LogP contribution in [-0.2, 0) is 16.1 Å². The molecular formula is C20H17NO5S. The van der Waals surface area contributed by atoms with Gasteiger partial charge in [0, 0.05) is 0 Å². The molecule has 1 heterocycles.